The lowest BCUT2D eigenvalue weighted by atomic mass is 9.97. The van der Waals surface area contributed by atoms with Gasteiger partial charge in [0.1, 0.15) is 11.5 Å². The number of nitrogens with zero attached hydrogens (tertiary/aromatic N) is 1. The van der Waals surface area contributed by atoms with Crippen LogP contribution in [0.3, 0.4) is 0 Å². The molecule has 0 radical (unpaired) electrons. The summed E-state index contributed by atoms with van der Waals surface area (Å²) in [7, 11) is 1.45. The lowest BCUT2D eigenvalue weighted by Gasteiger charge is -2.25. The topological polar surface area (TPSA) is 136 Å². The summed E-state index contributed by atoms with van der Waals surface area (Å²) in [4.78, 5) is 68.7. The number of carbonyl (C=O) groups is 4. The van der Waals surface area contributed by atoms with Crippen LogP contribution in [-0.2, 0) is 25.7 Å². The van der Waals surface area contributed by atoms with Crippen LogP contribution in [0.1, 0.15) is 180 Å². The van der Waals surface area contributed by atoms with E-state index in [1.807, 2.05) is 4.57 Å². The van der Waals surface area contributed by atoms with Gasteiger partial charge in [0.2, 0.25) is 11.2 Å². The van der Waals surface area contributed by atoms with Gasteiger partial charge in [0.25, 0.3) is 0 Å². The number of ether oxygens (including phenoxy) is 5. The van der Waals surface area contributed by atoms with E-state index in [-0.39, 0.29) is 39.8 Å². The van der Waals surface area contributed by atoms with Gasteiger partial charge in [-0.3, -0.25) is 24.0 Å². The molecule has 63 heavy (non-hydrogen) atoms. The molecular weight excluding hydrogens is 799 g/mol. The van der Waals surface area contributed by atoms with Gasteiger partial charge >= 0.3 is 23.9 Å². The molecule has 0 aliphatic carbocycles. The predicted molar refractivity (Wildman–Crippen MR) is 251 cm³/mol. The van der Waals surface area contributed by atoms with Gasteiger partial charge in [-0.05, 0) is 108 Å². The van der Waals surface area contributed by atoms with Crippen molar-refractivity contribution in [1.82, 2.24) is 4.57 Å². The number of pyridine rings is 1. The lowest BCUT2D eigenvalue weighted by Crippen LogP contribution is -2.30. The zero-order chi connectivity index (χ0) is 47.3. The Labute approximate surface area is 376 Å². The van der Waals surface area contributed by atoms with E-state index in [9.17, 15) is 19.2 Å². The van der Waals surface area contributed by atoms with Crippen LogP contribution in [0.25, 0.3) is 22.2 Å². The van der Waals surface area contributed by atoms with Gasteiger partial charge in [0, 0.05) is 24.2 Å². The lowest BCUT2D eigenvalue weighted by molar-refractivity contribution is -0.144. The molecule has 0 aliphatic rings. The predicted octanol–water partition coefficient (Wildman–Crippen LogP) is 13.0. The Kier molecular flexibility index (Phi) is 19.1. The molecule has 0 fully saturated rings. The Morgan fingerprint density at radius 1 is 0.508 bits per heavy atom. The molecule has 0 atom stereocenters. The quantitative estimate of drug-likeness (QED) is 0.0578. The highest BCUT2D eigenvalue weighted by Gasteiger charge is 2.33. The van der Waals surface area contributed by atoms with E-state index in [4.69, 9.17) is 23.7 Å². The van der Waals surface area contributed by atoms with Crippen molar-refractivity contribution in [3.05, 3.63) is 40.6 Å². The highest BCUT2D eigenvalue weighted by atomic mass is 16.6. The average Bonchev–Trinajstić information content (AvgIpc) is 3.18. The number of unbranched alkanes of at least 4 members (excludes halogenated alkanes) is 13. The molecule has 0 unspecified atom stereocenters. The second-order valence-corrected chi connectivity index (χ2v) is 21.0. The first-order chi connectivity index (χ1) is 29.3. The molecule has 0 amide bonds. The van der Waals surface area contributed by atoms with Crippen molar-refractivity contribution in [2.24, 2.45) is 21.7 Å². The van der Waals surface area contributed by atoms with E-state index >= 15 is 4.79 Å². The second-order valence-electron chi connectivity index (χ2n) is 21.0. The SMILES string of the molecule is CCCCCCCCCCCCCCCCn1c(-c2ccc(OC(=O)C(C)(C)C)c(OC)c2)c(OC(=O)C(C)(C)C)c(=O)c2c(OC(=O)C(C)(C)C)cc(OC(=O)C(C)(C)C)cc21. The monoisotopic (exact) mass is 876 g/mol. The smallest absolute Gasteiger partial charge is 0.316 e. The molecule has 0 saturated heterocycles. The third-order valence-corrected chi connectivity index (χ3v) is 10.7. The second kappa shape index (κ2) is 22.8. The fourth-order valence-corrected chi connectivity index (χ4v) is 6.61. The van der Waals surface area contributed by atoms with Gasteiger partial charge < -0.3 is 28.3 Å². The maximum absolute atomic E-state index is 15.1. The van der Waals surface area contributed by atoms with Crippen molar-refractivity contribution in [3.8, 4) is 40.0 Å². The molecule has 3 aromatic rings. The Morgan fingerprint density at radius 2 is 0.937 bits per heavy atom. The first-order valence-electron chi connectivity index (χ1n) is 23.1. The zero-order valence-electron chi connectivity index (χ0n) is 41.0. The van der Waals surface area contributed by atoms with Crippen molar-refractivity contribution in [3.63, 3.8) is 0 Å². The average molecular weight is 876 g/mol. The maximum Gasteiger partial charge on any atom is 0.316 e. The fourth-order valence-electron chi connectivity index (χ4n) is 6.61. The fraction of sp³-hybridized carbons (Fsp3) is 0.635. The number of benzene rings is 2. The first-order valence-corrected chi connectivity index (χ1v) is 23.1. The van der Waals surface area contributed by atoms with Crippen molar-refractivity contribution < 1.29 is 42.9 Å². The summed E-state index contributed by atoms with van der Waals surface area (Å²) in [5.74, 6) is -2.24. The van der Waals surface area contributed by atoms with Crippen LogP contribution in [0, 0.1) is 21.7 Å². The van der Waals surface area contributed by atoms with Gasteiger partial charge in [-0.25, -0.2) is 0 Å². The van der Waals surface area contributed by atoms with Crippen LogP contribution in [0.15, 0.2) is 35.1 Å². The van der Waals surface area contributed by atoms with E-state index in [1.54, 1.807) is 107 Å². The van der Waals surface area contributed by atoms with Gasteiger partial charge in [0.05, 0.1) is 45.4 Å². The molecule has 0 bridgehead atoms. The Hall–Kier alpha value is -4.67. The summed E-state index contributed by atoms with van der Waals surface area (Å²) < 4.78 is 31.4. The minimum Gasteiger partial charge on any atom is -0.493 e. The maximum atomic E-state index is 15.1. The van der Waals surface area contributed by atoms with Crippen LogP contribution in [0.5, 0.6) is 28.7 Å². The summed E-state index contributed by atoms with van der Waals surface area (Å²) in [5.41, 5.74) is -3.38. The third-order valence-electron chi connectivity index (χ3n) is 10.7. The summed E-state index contributed by atoms with van der Waals surface area (Å²) in [6, 6.07) is 7.84. The minimum absolute atomic E-state index is 0.0170. The number of esters is 4. The van der Waals surface area contributed by atoms with E-state index in [2.05, 4.69) is 6.92 Å². The largest absolute Gasteiger partial charge is 0.493 e. The standard InChI is InChI=1S/C52H77NO10/c1-15-16-17-18-19-20-21-22-23-24-25-26-27-28-31-53-37-33-36(60-45(55)49(2,3)4)34-40(62-47(57)51(8,9)10)41(37)43(54)44(63-48(58)52(11,12)13)42(53)35-29-30-38(39(32-35)59-14)61-46(56)50(5,6)7/h29-30,32-34H,15-28,31H2,1-14H3. The van der Waals surface area contributed by atoms with Gasteiger partial charge in [-0.1, -0.05) is 90.4 Å². The zero-order valence-corrected chi connectivity index (χ0v) is 41.0. The number of rotatable bonds is 21. The van der Waals surface area contributed by atoms with E-state index in [0.717, 1.165) is 25.7 Å². The van der Waals surface area contributed by atoms with E-state index < -0.39 is 51.0 Å². The summed E-state index contributed by atoms with van der Waals surface area (Å²) >= 11 is 0. The number of carbonyl (C=O) groups excluding carboxylic acids is 4. The molecule has 0 aliphatic heterocycles. The van der Waals surface area contributed by atoms with Gasteiger partial charge in [-0.15, -0.1) is 0 Å². The number of fused-ring (bicyclic) bond motifs is 1. The number of hydrogen-bond donors (Lipinski definition) is 0. The molecule has 3 rings (SSSR count). The third kappa shape index (κ3) is 15.5. The Morgan fingerprint density at radius 3 is 1.40 bits per heavy atom. The van der Waals surface area contributed by atoms with Gasteiger partial charge in [-0.2, -0.15) is 0 Å². The summed E-state index contributed by atoms with van der Waals surface area (Å²) in [6.45, 7) is 23.2. The normalized spacial score (nSPS) is 12.3. The summed E-state index contributed by atoms with van der Waals surface area (Å²) in [5, 5.41) is -0.0170. The minimum atomic E-state index is -1.01. The number of aryl methyl sites for hydroxylation is 1. The summed E-state index contributed by atoms with van der Waals surface area (Å²) in [6.07, 6.45) is 16.4. The highest BCUT2D eigenvalue weighted by molar-refractivity contribution is 5.95. The van der Waals surface area contributed by atoms with Gasteiger partial charge in [0.15, 0.2) is 11.5 Å². The number of hydrogen-bond acceptors (Lipinski definition) is 10. The number of aromatic nitrogens is 1. The Bertz CT molecular complexity index is 2100. The van der Waals surface area contributed by atoms with E-state index in [1.165, 1.54) is 71.0 Å². The Balaban J connectivity index is 2.26. The molecule has 11 heteroatoms. The highest BCUT2D eigenvalue weighted by Crippen LogP contribution is 2.42. The molecule has 11 nitrogen and oxygen atoms in total. The molecule has 350 valence electrons. The van der Waals surface area contributed by atoms with Crippen LogP contribution in [0.2, 0.25) is 0 Å². The molecule has 2 aromatic carbocycles. The molecule has 1 aromatic heterocycles. The number of methoxy groups -OCH3 is 1. The first kappa shape index (κ1) is 52.7. The molecule has 0 spiro atoms. The van der Waals surface area contributed by atoms with Crippen molar-refractivity contribution in [2.75, 3.05) is 7.11 Å². The van der Waals surface area contributed by atoms with Crippen LogP contribution >= 0.6 is 0 Å². The molecule has 1 heterocycles. The van der Waals surface area contributed by atoms with Crippen LogP contribution in [0.4, 0.5) is 0 Å². The molecule has 0 saturated carbocycles. The van der Waals surface area contributed by atoms with E-state index in [0.29, 0.717) is 24.0 Å². The van der Waals surface area contributed by atoms with Crippen molar-refractivity contribution in [1.29, 1.82) is 0 Å². The molecular formula is C52H77NO10. The molecule has 0 N–H and O–H groups in total. The van der Waals surface area contributed by atoms with Crippen molar-refractivity contribution >= 4 is 34.8 Å². The van der Waals surface area contributed by atoms with Crippen LogP contribution in [-0.4, -0.2) is 35.6 Å². The van der Waals surface area contributed by atoms with Crippen LogP contribution < -0.4 is 29.1 Å². The van der Waals surface area contributed by atoms with Crippen molar-refractivity contribution in [2.45, 2.75) is 186 Å².